The summed E-state index contributed by atoms with van der Waals surface area (Å²) < 4.78 is 11.6. The third kappa shape index (κ3) is 10.4. The quantitative estimate of drug-likeness (QED) is 0.203. The number of hydrogen-bond acceptors (Lipinski definition) is 5. The number of halogens is 1. The maximum Gasteiger partial charge on any atom is 0.213 e. The summed E-state index contributed by atoms with van der Waals surface area (Å²) in [6, 6.07) is 8.11. The van der Waals surface area contributed by atoms with Gasteiger partial charge in [0.1, 0.15) is 11.5 Å². The Kier molecular flexibility index (Phi) is 11.9. The monoisotopic (exact) mass is 543 g/mol. The van der Waals surface area contributed by atoms with Crippen LogP contribution in [0.15, 0.2) is 39.9 Å². The number of ether oxygens (including phenoxy) is 1. The van der Waals surface area contributed by atoms with Crippen molar-refractivity contribution in [1.29, 1.82) is 0 Å². The molecule has 0 saturated carbocycles. The number of oxazole rings is 1. The van der Waals surface area contributed by atoms with E-state index in [1.165, 1.54) is 0 Å². The Morgan fingerprint density at radius 1 is 1.16 bits per heavy atom. The fourth-order valence-corrected chi connectivity index (χ4v) is 2.67. The van der Waals surface area contributed by atoms with E-state index < -0.39 is 0 Å². The molecule has 0 spiro atoms. The number of nitrogens with one attached hydrogen (secondary N) is 2. The lowest BCUT2D eigenvalue weighted by Gasteiger charge is -2.13. The van der Waals surface area contributed by atoms with Gasteiger partial charge in [0, 0.05) is 18.5 Å². The Morgan fingerprint density at radius 3 is 2.45 bits per heavy atom. The van der Waals surface area contributed by atoms with Crippen LogP contribution in [0.5, 0.6) is 5.75 Å². The van der Waals surface area contributed by atoms with Crippen molar-refractivity contribution in [2.45, 2.75) is 52.6 Å². The van der Waals surface area contributed by atoms with Crippen LogP contribution in [0.2, 0.25) is 0 Å². The first-order chi connectivity index (χ1) is 14.3. The Labute approximate surface area is 204 Å². The zero-order valence-corrected chi connectivity index (χ0v) is 22.0. The summed E-state index contributed by atoms with van der Waals surface area (Å²) in [6.07, 6.45) is 2.81. The summed E-state index contributed by atoms with van der Waals surface area (Å²) in [7, 11) is 4.14. The van der Waals surface area contributed by atoms with Crippen LogP contribution in [0.4, 0.5) is 0 Å². The molecule has 0 amide bonds. The smallest absolute Gasteiger partial charge is 0.213 e. The molecule has 0 fully saturated rings. The van der Waals surface area contributed by atoms with Crippen molar-refractivity contribution in [3.05, 3.63) is 47.7 Å². The van der Waals surface area contributed by atoms with Crippen molar-refractivity contribution in [2.24, 2.45) is 4.99 Å². The summed E-state index contributed by atoms with van der Waals surface area (Å²) in [5, 5.41) is 6.54. The fraction of sp³-hybridized carbons (Fsp3) is 0.565. The van der Waals surface area contributed by atoms with Gasteiger partial charge in [0.2, 0.25) is 5.89 Å². The normalized spacial score (nSPS) is 11.9. The van der Waals surface area contributed by atoms with Crippen LogP contribution in [-0.2, 0) is 18.5 Å². The van der Waals surface area contributed by atoms with Crippen molar-refractivity contribution in [3.8, 4) is 5.75 Å². The van der Waals surface area contributed by atoms with E-state index >= 15 is 0 Å². The van der Waals surface area contributed by atoms with E-state index in [1.54, 1.807) is 6.20 Å². The van der Waals surface area contributed by atoms with Gasteiger partial charge in [-0.3, -0.25) is 0 Å². The van der Waals surface area contributed by atoms with Crippen LogP contribution in [0.1, 0.15) is 51.3 Å². The minimum atomic E-state index is -0.0495. The third-order valence-electron chi connectivity index (χ3n) is 4.41. The van der Waals surface area contributed by atoms with Crippen molar-refractivity contribution in [3.63, 3.8) is 0 Å². The van der Waals surface area contributed by atoms with Crippen molar-refractivity contribution < 1.29 is 9.15 Å². The predicted octanol–water partition coefficient (Wildman–Crippen LogP) is 4.18. The van der Waals surface area contributed by atoms with Gasteiger partial charge in [0.25, 0.3) is 0 Å². The number of aliphatic imine (C=N–C) groups is 1. The van der Waals surface area contributed by atoms with Gasteiger partial charge in [-0.2, -0.15) is 0 Å². The number of benzene rings is 1. The number of hydrogen-bond donors (Lipinski definition) is 2. The number of guanidine groups is 1. The first-order valence-corrected chi connectivity index (χ1v) is 10.6. The van der Waals surface area contributed by atoms with Crippen molar-refractivity contribution in [2.75, 3.05) is 33.8 Å². The average molecular weight is 543 g/mol. The van der Waals surface area contributed by atoms with Crippen LogP contribution in [0.3, 0.4) is 0 Å². The lowest BCUT2D eigenvalue weighted by Crippen LogP contribution is -2.36. The van der Waals surface area contributed by atoms with Crippen LogP contribution in [-0.4, -0.2) is 49.6 Å². The summed E-state index contributed by atoms with van der Waals surface area (Å²) in [6.45, 7) is 12.0. The zero-order valence-electron chi connectivity index (χ0n) is 19.7. The van der Waals surface area contributed by atoms with E-state index in [9.17, 15) is 0 Å². The van der Waals surface area contributed by atoms with Gasteiger partial charge in [-0.25, -0.2) is 9.98 Å². The largest absolute Gasteiger partial charge is 0.494 e. The molecule has 0 unspecified atom stereocenters. The van der Waals surface area contributed by atoms with Crippen molar-refractivity contribution >= 4 is 29.9 Å². The molecular weight excluding hydrogens is 505 g/mol. The predicted molar refractivity (Wildman–Crippen MR) is 137 cm³/mol. The summed E-state index contributed by atoms with van der Waals surface area (Å²) in [5.74, 6) is 3.16. The molecule has 8 heteroatoms. The molecule has 0 aliphatic heterocycles. The number of rotatable bonds is 10. The second-order valence-corrected chi connectivity index (χ2v) is 8.57. The molecule has 0 aliphatic rings. The van der Waals surface area contributed by atoms with Gasteiger partial charge in [0.05, 0.1) is 25.9 Å². The van der Waals surface area contributed by atoms with Gasteiger partial charge in [-0.05, 0) is 45.1 Å². The van der Waals surface area contributed by atoms with E-state index in [1.807, 2.05) is 19.1 Å². The molecule has 0 atom stereocenters. The SMILES string of the molecule is CCNC(=NCc1ccc(OCCCN(C)C)cc1)NCc1ncc(C(C)(C)C)o1.I. The van der Waals surface area contributed by atoms with E-state index in [0.29, 0.717) is 19.0 Å². The molecule has 2 aromatic rings. The molecule has 31 heavy (non-hydrogen) atoms. The minimum Gasteiger partial charge on any atom is -0.494 e. The molecule has 2 rings (SSSR count). The zero-order chi connectivity index (χ0) is 22.0. The topological polar surface area (TPSA) is 74.9 Å². The highest BCUT2D eigenvalue weighted by molar-refractivity contribution is 14.0. The second kappa shape index (κ2) is 13.6. The molecule has 0 aliphatic carbocycles. The standard InChI is InChI=1S/C23H37N5O2.HI/c1-7-24-22(27-17-21-25-16-20(30-21)23(2,3)4)26-15-18-9-11-19(12-10-18)29-14-8-13-28(5)6;/h9-12,16H,7-8,13-15,17H2,1-6H3,(H2,24,26,27);1H. The van der Waals surface area contributed by atoms with Gasteiger partial charge in [-0.15, -0.1) is 24.0 Å². The second-order valence-electron chi connectivity index (χ2n) is 8.57. The minimum absolute atomic E-state index is 0. The summed E-state index contributed by atoms with van der Waals surface area (Å²) >= 11 is 0. The average Bonchev–Trinajstić information content (AvgIpc) is 3.18. The molecule has 0 saturated heterocycles. The third-order valence-corrected chi connectivity index (χ3v) is 4.41. The first kappa shape index (κ1) is 27.2. The molecule has 1 heterocycles. The van der Waals surface area contributed by atoms with Gasteiger partial charge < -0.3 is 24.7 Å². The van der Waals surface area contributed by atoms with Crippen LogP contribution < -0.4 is 15.4 Å². The van der Waals surface area contributed by atoms with E-state index in [-0.39, 0.29) is 29.4 Å². The maximum absolute atomic E-state index is 5.83. The number of aromatic nitrogens is 1. The molecular formula is C23H38IN5O2. The van der Waals surface area contributed by atoms with E-state index in [4.69, 9.17) is 9.15 Å². The Hall–Kier alpha value is -1.81. The lowest BCUT2D eigenvalue weighted by atomic mass is 9.94. The van der Waals surface area contributed by atoms with Gasteiger partial charge in [0.15, 0.2) is 5.96 Å². The molecule has 0 radical (unpaired) electrons. The molecule has 1 aromatic carbocycles. The highest BCUT2D eigenvalue weighted by Gasteiger charge is 2.19. The van der Waals surface area contributed by atoms with Gasteiger partial charge >= 0.3 is 0 Å². The molecule has 7 nitrogen and oxygen atoms in total. The van der Waals surface area contributed by atoms with Crippen molar-refractivity contribution in [1.82, 2.24) is 20.5 Å². The van der Waals surface area contributed by atoms with Crippen LogP contribution in [0, 0.1) is 0 Å². The highest BCUT2D eigenvalue weighted by atomic mass is 127. The van der Waals surface area contributed by atoms with E-state index in [2.05, 4.69) is 72.5 Å². The van der Waals surface area contributed by atoms with Crippen LogP contribution in [0.25, 0.3) is 0 Å². The molecule has 1 aromatic heterocycles. The lowest BCUT2D eigenvalue weighted by molar-refractivity contribution is 0.281. The number of nitrogens with zero attached hydrogens (tertiary/aromatic N) is 3. The molecule has 0 bridgehead atoms. The maximum atomic E-state index is 5.83. The Bertz CT molecular complexity index is 782. The molecule has 2 N–H and O–H groups in total. The Morgan fingerprint density at radius 2 is 1.87 bits per heavy atom. The van der Waals surface area contributed by atoms with Gasteiger partial charge in [-0.1, -0.05) is 32.9 Å². The molecule has 174 valence electrons. The van der Waals surface area contributed by atoms with E-state index in [0.717, 1.165) is 49.1 Å². The first-order valence-electron chi connectivity index (χ1n) is 10.6. The summed E-state index contributed by atoms with van der Waals surface area (Å²) in [4.78, 5) is 11.2. The summed E-state index contributed by atoms with van der Waals surface area (Å²) in [5.41, 5.74) is 1.07. The Balaban J connectivity index is 0.00000480. The fourth-order valence-electron chi connectivity index (χ4n) is 2.67. The van der Waals surface area contributed by atoms with Crippen LogP contribution >= 0.6 is 24.0 Å². The highest BCUT2D eigenvalue weighted by Crippen LogP contribution is 2.22.